The van der Waals surface area contributed by atoms with Crippen LogP contribution in [0.4, 0.5) is 26.3 Å². The molecule has 0 bridgehead atoms. The fourth-order valence-corrected chi connectivity index (χ4v) is 4.90. The van der Waals surface area contributed by atoms with E-state index in [9.17, 15) is 26.3 Å². The average Bonchev–Trinajstić information content (AvgIpc) is 2.68. The Labute approximate surface area is 168 Å². The molecule has 1 aromatic rings. The van der Waals surface area contributed by atoms with Crippen LogP contribution in [0.25, 0.3) is 0 Å². The van der Waals surface area contributed by atoms with E-state index in [2.05, 4.69) is 0 Å². The van der Waals surface area contributed by atoms with Crippen molar-refractivity contribution in [2.24, 2.45) is 0 Å². The molecule has 168 valence electrons. The Morgan fingerprint density at radius 2 is 1.41 bits per heavy atom. The lowest BCUT2D eigenvalue weighted by atomic mass is 10.1. The highest BCUT2D eigenvalue weighted by atomic mass is 28.4. The standard InChI is InChI=1S/C19H28F6O3Si/c1-26-29(27-2,28-15-16-11-7-6-8-12-16)19(24,25)17(20)13-9-4-3-5-10-14-18(21,22)23/h6-8,11-12,17H,3-5,9-10,13-15H2,1-2H3. The fraction of sp³-hybridized carbons (Fsp3) is 0.684. The van der Waals surface area contributed by atoms with Crippen molar-refractivity contribution in [3.63, 3.8) is 0 Å². The first kappa shape index (κ1) is 25.9. The van der Waals surface area contributed by atoms with Crippen molar-refractivity contribution in [2.45, 2.75) is 69.4 Å². The van der Waals surface area contributed by atoms with Gasteiger partial charge in [-0.05, 0) is 18.4 Å². The first-order valence-corrected chi connectivity index (χ1v) is 11.2. The van der Waals surface area contributed by atoms with Crippen LogP contribution in [0.2, 0.25) is 0 Å². The summed E-state index contributed by atoms with van der Waals surface area (Å²) in [6.07, 6.45) is -6.84. The zero-order valence-electron chi connectivity index (χ0n) is 16.6. The van der Waals surface area contributed by atoms with E-state index >= 15 is 0 Å². The third-order valence-corrected chi connectivity index (χ3v) is 7.26. The highest BCUT2D eigenvalue weighted by molar-refractivity contribution is 6.63. The normalized spacial score (nSPS) is 14.2. The number of unbranched alkanes of at least 4 members (excludes halogenated alkanes) is 4. The smallest absolute Gasteiger partial charge is 0.373 e. The largest absolute Gasteiger partial charge is 0.577 e. The number of hydrogen-bond donors (Lipinski definition) is 0. The monoisotopic (exact) mass is 446 g/mol. The summed E-state index contributed by atoms with van der Waals surface area (Å²) < 4.78 is 95.2. The predicted molar refractivity (Wildman–Crippen MR) is 99.2 cm³/mol. The van der Waals surface area contributed by atoms with Crippen LogP contribution in [0.3, 0.4) is 0 Å². The summed E-state index contributed by atoms with van der Waals surface area (Å²) in [5.41, 5.74) is -3.34. The van der Waals surface area contributed by atoms with Gasteiger partial charge in [0.1, 0.15) is 0 Å². The van der Waals surface area contributed by atoms with Crippen LogP contribution < -0.4 is 0 Å². The minimum Gasteiger partial charge on any atom is -0.373 e. The van der Waals surface area contributed by atoms with Gasteiger partial charge in [0, 0.05) is 20.6 Å². The molecule has 0 heterocycles. The predicted octanol–water partition coefficient (Wildman–Crippen LogP) is 6.24. The van der Waals surface area contributed by atoms with E-state index in [-0.39, 0.29) is 19.4 Å². The molecular weight excluding hydrogens is 418 g/mol. The van der Waals surface area contributed by atoms with Gasteiger partial charge in [-0.3, -0.25) is 0 Å². The molecule has 29 heavy (non-hydrogen) atoms. The summed E-state index contributed by atoms with van der Waals surface area (Å²) in [4.78, 5) is 0. The molecule has 0 aromatic heterocycles. The highest BCUT2D eigenvalue weighted by Crippen LogP contribution is 2.37. The van der Waals surface area contributed by atoms with Crippen molar-refractivity contribution >= 4 is 8.80 Å². The lowest BCUT2D eigenvalue weighted by Gasteiger charge is -2.34. The Hall–Kier alpha value is -1.10. The number of alkyl halides is 6. The lowest BCUT2D eigenvalue weighted by Crippen LogP contribution is -2.63. The molecule has 0 amide bonds. The molecule has 0 saturated heterocycles. The van der Waals surface area contributed by atoms with E-state index in [0.29, 0.717) is 24.8 Å². The van der Waals surface area contributed by atoms with Crippen LogP contribution in [-0.2, 0) is 19.9 Å². The summed E-state index contributed by atoms with van der Waals surface area (Å²) in [7, 11) is -2.65. The lowest BCUT2D eigenvalue weighted by molar-refractivity contribution is -0.135. The summed E-state index contributed by atoms with van der Waals surface area (Å²) in [5.74, 6) is 0. The summed E-state index contributed by atoms with van der Waals surface area (Å²) in [6, 6.07) is 8.54. The van der Waals surface area contributed by atoms with Crippen LogP contribution in [0.5, 0.6) is 0 Å². The summed E-state index contributed by atoms with van der Waals surface area (Å²) in [5, 5.41) is 0. The van der Waals surface area contributed by atoms with Gasteiger partial charge in [-0.1, -0.05) is 56.0 Å². The second kappa shape index (κ2) is 11.9. The van der Waals surface area contributed by atoms with Gasteiger partial charge in [0.25, 0.3) is 0 Å². The van der Waals surface area contributed by atoms with Crippen LogP contribution in [-0.4, -0.2) is 40.9 Å². The minimum atomic E-state index is -4.65. The van der Waals surface area contributed by atoms with Gasteiger partial charge >= 0.3 is 20.5 Å². The summed E-state index contributed by atoms with van der Waals surface area (Å²) >= 11 is 0. The van der Waals surface area contributed by atoms with E-state index in [0.717, 1.165) is 14.2 Å². The second-order valence-electron chi connectivity index (χ2n) is 6.75. The fourth-order valence-electron chi connectivity index (χ4n) is 2.87. The highest BCUT2D eigenvalue weighted by Gasteiger charge is 2.68. The first-order chi connectivity index (χ1) is 13.6. The topological polar surface area (TPSA) is 27.7 Å². The molecular formula is C19H28F6O3Si. The maximum Gasteiger partial charge on any atom is 0.577 e. The molecule has 0 aliphatic carbocycles. The van der Waals surface area contributed by atoms with Crippen LogP contribution in [0, 0.1) is 0 Å². The van der Waals surface area contributed by atoms with Gasteiger partial charge in [0.2, 0.25) is 0 Å². The van der Waals surface area contributed by atoms with E-state index < -0.39 is 39.5 Å². The molecule has 0 aliphatic rings. The Morgan fingerprint density at radius 3 is 1.97 bits per heavy atom. The number of rotatable bonds is 14. The maximum atomic E-state index is 14.8. The molecule has 0 aliphatic heterocycles. The van der Waals surface area contributed by atoms with E-state index in [1.54, 1.807) is 30.3 Å². The molecule has 1 atom stereocenters. The Balaban J connectivity index is 2.53. The van der Waals surface area contributed by atoms with Crippen molar-refractivity contribution in [3.8, 4) is 0 Å². The van der Waals surface area contributed by atoms with Crippen LogP contribution in [0.1, 0.15) is 50.5 Å². The molecule has 3 nitrogen and oxygen atoms in total. The minimum absolute atomic E-state index is 0.0184. The van der Waals surface area contributed by atoms with Gasteiger partial charge < -0.3 is 13.3 Å². The number of hydrogen-bond acceptors (Lipinski definition) is 3. The molecule has 10 heteroatoms. The number of benzene rings is 1. The van der Waals surface area contributed by atoms with Gasteiger partial charge in [-0.25, -0.2) is 4.39 Å². The van der Waals surface area contributed by atoms with Crippen LogP contribution in [0.15, 0.2) is 30.3 Å². The van der Waals surface area contributed by atoms with Gasteiger partial charge in [0.15, 0.2) is 6.17 Å². The first-order valence-electron chi connectivity index (χ1n) is 9.45. The van der Waals surface area contributed by atoms with Crippen molar-refractivity contribution < 1.29 is 39.6 Å². The summed E-state index contributed by atoms with van der Waals surface area (Å²) in [6.45, 7) is -0.212. The van der Waals surface area contributed by atoms with Crippen molar-refractivity contribution in [1.29, 1.82) is 0 Å². The molecule has 0 fully saturated rings. The molecule has 0 saturated carbocycles. The molecule has 1 rings (SSSR count). The van der Waals surface area contributed by atoms with Gasteiger partial charge in [0.05, 0.1) is 6.61 Å². The van der Waals surface area contributed by atoms with Gasteiger partial charge in [-0.2, -0.15) is 22.0 Å². The number of halogens is 6. The average molecular weight is 447 g/mol. The zero-order valence-corrected chi connectivity index (χ0v) is 17.6. The van der Waals surface area contributed by atoms with Crippen LogP contribution >= 0.6 is 0 Å². The second-order valence-corrected chi connectivity index (χ2v) is 9.64. The van der Waals surface area contributed by atoms with Gasteiger partial charge in [-0.15, -0.1) is 0 Å². The third kappa shape index (κ3) is 8.27. The van der Waals surface area contributed by atoms with E-state index in [1.165, 1.54) is 0 Å². The van der Waals surface area contributed by atoms with E-state index in [4.69, 9.17) is 13.3 Å². The maximum absolute atomic E-state index is 14.8. The van der Waals surface area contributed by atoms with Crippen molar-refractivity contribution in [1.82, 2.24) is 0 Å². The zero-order chi connectivity index (χ0) is 22.0. The molecule has 0 spiro atoms. The molecule has 0 radical (unpaired) electrons. The third-order valence-electron chi connectivity index (χ3n) is 4.53. The molecule has 1 aromatic carbocycles. The van der Waals surface area contributed by atoms with Crippen molar-refractivity contribution in [2.75, 3.05) is 14.2 Å². The quantitative estimate of drug-likeness (QED) is 0.192. The Bertz CT molecular complexity index is 567. The Morgan fingerprint density at radius 1 is 0.862 bits per heavy atom. The molecule has 1 unspecified atom stereocenters. The SMILES string of the molecule is CO[Si](OC)(OCc1ccccc1)C(F)(F)C(F)CCCCCCCC(F)(F)F. The van der Waals surface area contributed by atoms with Crippen molar-refractivity contribution in [3.05, 3.63) is 35.9 Å². The Kier molecular flexibility index (Phi) is 10.7. The van der Waals surface area contributed by atoms with E-state index in [1.807, 2.05) is 0 Å². The molecule has 0 N–H and O–H groups in total.